The first-order chi connectivity index (χ1) is 11.7. The van der Waals surface area contributed by atoms with Gasteiger partial charge in [0.05, 0.1) is 0 Å². The van der Waals surface area contributed by atoms with Crippen LogP contribution in [0.15, 0.2) is 24.3 Å². The number of carbonyl (C=O) groups excluding carboxylic acids is 1. The van der Waals surface area contributed by atoms with Gasteiger partial charge in [-0.25, -0.2) is 0 Å². The molecule has 132 valence electrons. The van der Waals surface area contributed by atoms with E-state index in [1.165, 1.54) is 18.4 Å². The topological polar surface area (TPSA) is 56.4 Å². The second-order valence-electron chi connectivity index (χ2n) is 7.24. The van der Waals surface area contributed by atoms with Crippen molar-refractivity contribution >= 4 is 5.91 Å². The molecule has 3 N–H and O–H groups in total. The summed E-state index contributed by atoms with van der Waals surface area (Å²) in [4.78, 5) is 14.5. The Bertz CT molecular complexity index is 536. The predicted molar refractivity (Wildman–Crippen MR) is 96.8 cm³/mol. The number of benzene rings is 1. The first kappa shape index (κ1) is 17.4. The van der Waals surface area contributed by atoms with Crippen LogP contribution in [-0.4, -0.2) is 50.6 Å². The Balaban J connectivity index is 1.54. The molecule has 5 heteroatoms. The normalized spacial score (nSPS) is 19.5. The highest BCUT2D eigenvalue weighted by molar-refractivity contribution is 5.94. The van der Waals surface area contributed by atoms with E-state index in [9.17, 15) is 4.79 Å². The molecule has 1 aromatic carbocycles. The summed E-state index contributed by atoms with van der Waals surface area (Å²) in [6, 6.07) is 8.24. The van der Waals surface area contributed by atoms with E-state index >= 15 is 0 Å². The molecule has 3 rings (SSSR count). The molecule has 0 atom stereocenters. The van der Waals surface area contributed by atoms with Crippen LogP contribution in [0.5, 0.6) is 0 Å². The van der Waals surface area contributed by atoms with Crippen molar-refractivity contribution in [3.8, 4) is 0 Å². The van der Waals surface area contributed by atoms with Crippen LogP contribution < -0.4 is 16.2 Å². The zero-order valence-corrected chi connectivity index (χ0v) is 14.7. The number of hydrogen-bond donors (Lipinski definition) is 3. The maximum Gasteiger partial charge on any atom is 0.253 e. The van der Waals surface area contributed by atoms with Gasteiger partial charge in [-0.3, -0.25) is 15.6 Å². The second kappa shape index (κ2) is 8.60. The van der Waals surface area contributed by atoms with E-state index in [1.807, 2.05) is 24.1 Å². The Morgan fingerprint density at radius 1 is 1.17 bits per heavy atom. The van der Waals surface area contributed by atoms with Gasteiger partial charge in [0, 0.05) is 32.2 Å². The fourth-order valence-corrected chi connectivity index (χ4v) is 3.66. The van der Waals surface area contributed by atoms with Crippen LogP contribution in [0.2, 0.25) is 0 Å². The summed E-state index contributed by atoms with van der Waals surface area (Å²) in [7, 11) is 1.91. The monoisotopic (exact) mass is 330 g/mol. The Hall–Kier alpha value is -1.43. The predicted octanol–water partition coefficient (Wildman–Crippen LogP) is 1.41. The Morgan fingerprint density at radius 3 is 2.67 bits per heavy atom. The molecule has 0 bridgehead atoms. The minimum atomic E-state index is 0.140. The van der Waals surface area contributed by atoms with Crippen molar-refractivity contribution in [1.82, 2.24) is 21.1 Å². The van der Waals surface area contributed by atoms with Crippen LogP contribution in [0.1, 0.15) is 35.2 Å². The molecule has 1 amide bonds. The van der Waals surface area contributed by atoms with E-state index in [0.29, 0.717) is 5.92 Å². The molecule has 1 aromatic rings. The molecule has 2 aliphatic heterocycles. The largest absolute Gasteiger partial charge is 0.342 e. The molecule has 2 fully saturated rings. The fourth-order valence-electron chi connectivity index (χ4n) is 3.66. The second-order valence-corrected chi connectivity index (χ2v) is 7.24. The minimum absolute atomic E-state index is 0.140. The summed E-state index contributed by atoms with van der Waals surface area (Å²) in [6.07, 6.45) is 4.60. The average molecular weight is 330 g/mol. The van der Waals surface area contributed by atoms with Crippen molar-refractivity contribution < 1.29 is 4.79 Å². The van der Waals surface area contributed by atoms with Gasteiger partial charge in [-0.15, -0.1) is 0 Å². The molecule has 0 unspecified atom stereocenters. The highest BCUT2D eigenvalue weighted by Crippen LogP contribution is 2.19. The van der Waals surface area contributed by atoms with Crippen molar-refractivity contribution in [3.05, 3.63) is 35.4 Å². The van der Waals surface area contributed by atoms with E-state index in [-0.39, 0.29) is 5.91 Å². The van der Waals surface area contributed by atoms with Gasteiger partial charge in [0.2, 0.25) is 0 Å². The van der Waals surface area contributed by atoms with Gasteiger partial charge in [-0.2, -0.15) is 0 Å². The third-order valence-electron chi connectivity index (χ3n) is 5.28. The summed E-state index contributed by atoms with van der Waals surface area (Å²) in [5.74, 6) is 1.50. The van der Waals surface area contributed by atoms with Gasteiger partial charge in [-0.05, 0) is 68.3 Å². The molecule has 2 saturated heterocycles. The number of rotatable bonds is 6. The minimum Gasteiger partial charge on any atom is -0.342 e. The molecule has 0 aromatic heterocycles. The van der Waals surface area contributed by atoms with Crippen LogP contribution in [-0.2, 0) is 6.42 Å². The number of nitrogens with zero attached hydrogens (tertiary/aromatic N) is 1. The summed E-state index contributed by atoms with van der Waals surface area (Å²) in [6.45, 7) is 5.04. The number of nitrogens with one attached hydrogen (secondary N) is 3. The lowest BCUT2D eigenvalue weighted by atomic mass is 9.90. The van der Waals surface area contributed by atoms with Crippen LogP contribution in [0.4, 0.5) is 0 Å². The van der Waals surface area contributed by atoms with E-state index in [1.54, 1.807) is 0 Å². The van der Waals surface area contributed by atoms with Crippen LogP contribution in [0.25, 0.3) is 0 Å². The number of carbonyl (C=O) groups is 1. The summed E-state index contributed by atoms with van der Waals surface area (Å²) in [5.41, 5.74) is 8.41. The molecule has 0 aliphatic carbocycles. The zero-order chi connectivity index (χ0) is 16.8. The number of hydrazine groups is 1. The average Bonchev–Trinajstić information content (AvgIpc) is 3.14. The molecule has 24 heavy (non-hydrogen) atoms. The van der Waals surface area contributed by atoms with Gasteiger partial charge in [-0.1, -0.05) is 12.1 Å². The maximum absolute atomic E-state index is 12.7. The zero-order valence-electron chi connectivity index (χ0n) is 14.7. The van der Waals surface area contributed by atoms with Gasteiger partial charge >= 0.3 is 0 Å². The highest BCUT2D eigenvalue weighted by atomic mass is 16.2. The summed E-state index contributed by atoms with van der Waals surface area (Å²) >= 11 is 0. The third kappa shape index (κ3) is 4.79. The van der Waals surface area contributed by atoms with Crippen molar-refractivity contribution in [2.75, 3.05) is 39.8 Å². The van der Waals surface area contributed by atoms with Crippen molar-refractivity contribution in [3.63, 3.8) is 0 Å². The van der Waals surface area contributed by atoms with Gasteiger partial charge in [0.15, 0.2) is 0 Å². The number of piperidine rings is 1. The Labute approximate surface area is 145 Å². The van der Waals surface area contributed by atoms with E-state index in [2.05, 4.69) is 28.3 Å². The summed E-state index contributed by atoms with van der Waals surface area (Å²) in [5, 5.41) is 3.41. The van der Waals surface area contributed by atoms with Gasteiger partial charge < -0.3 is 10.2 Å². The quantitative estimate of drug-likeness (QED) is 0.738. The fraction of sp³-hybridized carbons (Fsp3) is 0.632. The Morgan fingerprint density at radius 2 is 1.92 bits per heavy atom. The van der Waals surface area contributed by atoms with Crippen LogP contribution in [0, 0.1) is 11.8 Å². The number of hydrogen-bond acceptors (Lipinski definition) is 4. The van der Waals surface area contributed by atoms with Crippen LogP contribution >= 0.6 is 0 Å². The molecule has 2 heterocycles. The number of amides is 1. The SMILES string of the molecule is CN(CCC1CNNC1)C(=O)c1cccc(CC2CCNCC2)c1. The Kier molecular flexibility index (Phi) is 6.24. The van der Waals surface area contributed by atoms with E-state index in [4.69, 9.17) is 0 Å². The van der Waals surface area contributed by atoms with Gasteiger partial charge in [0.25, 0.3) is 5.91 Å². The lowest BCUT2D eigenvalue weighted by Gasteiger charge is -2.23. The standard InChI is InChI=1S/C19H30N4O/c1-23(10-7-17-13-21-22-14-17)19(24)18-4-2-3-16(12-18)11-15-5-8-20-9-6-15/h2-4,12,15,17,20-22H,5-11,13-14H2,1H3. The van der Waals surface area contributed by atoms with Gasteiger partial charge in [0.1, 0.15) is 0 Å². The van der Waals surface area contributed by atoms with Crippen molar-refractivity contribution in [2.24, 2.45) is 11.8 Å². The van der Waals surface area contributed by atoms with E-state index in [0.717, 1.165) is 57.0 Å². The molecule has 0 spiro atoms. The first-order valence-corrected chi connectivity index (χ1v) is 9.23. The van der Waals surface area contributed by atoms with E-state index < -0.39 is 0 Å². The lowest BCUT2D eigenvalue weighted by Crippen LogP contribution is -2.30. The third-order valence-corrected chi connectivity index (χ3v) is 5.28. The highest BCUT2D eigenvalue weighted by Gasteiger charge is 2.18. The van der Waals surface area contributed by atoms with Crippen molar-refractivity contribution in [1.29, 1.82) is 0 Å². The first-order valence-electron chi connectivity index (χ1n) is 9.23. The molecule has 0 saturated carbocycles. The van der Waals surface area contributed by atoms with Crippen LogP contribution in [0.3, 0.4) is 0 Å². The smallest absolute Gasteiger partial charge is 0.253 e. The molecular formula is C19H30N4O. The molecule has 0 radical (unpaired) electrons. The molecular weight excluding hydrogens is 300 g/mol. The lowest BCUT2D eigenvalue weighted by molar-refractivity contribution is 0.0788. The molecule has 5 nitrogen and oxygen atoms in total. The molecule has 2 aliphatic rings. The van der Waals surface area contributed by atoms with Crippen molar-refractivity contribution in [2.45, 2.75) is 25.7 Å². The summed E-state index contributed by atoms with van der Waals surface area (Å²) < 4.78 is 0. The maximum atomic E-state index is 12.7.